The van der Waals surface area contributed by atoms with Gasteiger partial charge in [-0.2, -0.15) is 0 Å². The number of nitrogens with one attached hydrogen (secondary N) is 1. The molecule has 0 unspecified atom stereocenters. The summed E-state index contributed by atoms with van der Waals surface area (Å²) in [7, 11) is 0. The zero-order valence-corrected chi connectivity index (χ0v) is 12.0. The van der Waals surface area contributed by atoms with Crippen LogP contribution in [0.1, 0.15) is 6.92 Å². The van der Waals surface area contributed by atoms with Crippen molar-refractivity contribution in [3.63, 3.8) is 0 Å². The molecule has 0 fully saturated rings. The summed E-state index contributed by atoms with van der Waals surface area (Å²) < 4.78 is 33.5. The van der Waals surface area contributed by atoms with Crippen LogP contribution in [0.15, 0.2) is 36.4 Å². The molecule has 0 aliphatic rings. The average Bonchev–Trinajstić information content (AvgIpc) is 2.85. The number of para-hydroxylation sites is 1. The monoisotopic (exact) mass is 306 g/mol. The minimum Gasteiger partial charge on any atom is -0.494 e. The lowest BCUT2D eigenvalue weighted by Gasteiger charge is -2.04. The van der Waals surface area contributed by atoms with Crippen molar-refractivity contribution in [3.05, 3.63) is 48.0 Å². The molecule has 0 amide bonds. The smallest absolute Gasteiger partial charge is 0.188 e. The molecule has 2 aromatic carbocycles. The maximum atomic E-state index is 13.6. The topological polar surface area (TPSA) is 34.1 Å². The molecule has 108 valence electrons. The lowest BCUT2D eigenvalue weighted by molar-refractivity contribution is 0.341. The van der Waals surface area contributed by atoms with Crippen molar-refractivity contribution < 1.29 is 13.5 Å². The lowest BCUT2D eigenvalue weighted by atomic mass is 10.3. The third-order valence-electron chi connectivity index (χ3n) is 2.87. The highest BCUT2D eigenvalue weighted by atomic mass is 32.1. The Labute approximate surface area is 124 Å². The van der Waals surface area contributed by atoms with Crippen molar-refractivity contribution in [3.8, 4) is 5.75 Å². The Morgan fingerprint density at radius 1 is 1.19 bits per heavy atom. The van der Waals surface area contributed by atoms with Crippen LogP contribution in [0, 0.1) is 11.6 Å². The number of ether oxygens (including phenoxy) is 1. The molecule has 1 heterocycles. The number of hydrogen-bond donors (Lipinski definition) is 1. The fraction of sp³-hybridized carbons (Fsp3) is 0.133. The first kappa shape index (κ1) is 13.8. The van der Waals surface area contributed by atoms with Crippen LogP contribution in [0.3, 0.4) is 0 Å². The molecule has 0 saturated heterocycles. The number of benzene rings is 2. The van der Waals surface area contributed by atoms with E-state index in [2.05, 4.69) is 10.3 Å². The van der Waals surface area contributed by atoms with E-state index in [1.54, 1.807) is 0 Å². The van der Waals surface area contributed by atoms with Crippen molar-refractivity contribution in [1.82, 2.24) is 4.98 Å². The summed E-state index contributed by atoms with van der Waals surface area (Å²) >= 11 is 1.31. The highest BCUT2D eigenvalue weighted by molar-refractivity contribution is 7.22. The number of nitrogens with zero attached hydrogens (tertiary/aromatic N) is 1. The van der Waals surface area contributed by atoms with Gasteiger partial charge in [0.2, 0.25) is 0 Å². The van der Waals surface area contributed by atoms with Crippen molar-refractivity contribution in [1.29, 1.82) is 0 Å². The van der Waals surface area contributed by atoms with Gasteiger partial charge < -0.3 is 10.1 Å². The molecule has 21 heavy (non-hydrogen) atoms. The maximum absolute atomic E-state index is 13.6. The Bertz CT molecular complexity index is 768. The summed E-state index contributed by atoms with van der Waals surface area (Å²) in [6, 6.07) is 9.22. The van der Waals surface area contributed by atoms with Crippen molar-refractivity contribution in [2.24, 2.45) is 0 Å². The molecule has 3 rings (SSSR count). The van der Waals surface area contributed by atoms with Crippen LogP contribution in [0.25, 0.3) is 10.2 Å². The van der Waals surface area contributed by atoms with Crippen LogP contribution >= 0.6 is 11.3 Å². The van der Waals surface area contributed by atoms with E-state index >= 15 is 0 Å². The summed E-state index contributed by atoms with van der Waals surface area (Å²) in [4.78, 5) is 4.31. The van der Waals surface area contributed by atoms with Crippen LogP contribution in [0.2, 0.25) is 0 Å². The van der Waals surface area contributed by atoms with Crippen LogP contribution in [0.5, 0.6) is 5.75 Å². The average molecular weight is 306 g/mol. The second-order valence-corrected chi connectivity index (χ2v) is 5.33. The van der Waals surface area contributed by atoms with Crippen molar-refractivity contribution in [2.75, 3.05) is 11.9 Å². The number of halogens is 2. The predicted octanol–water partition coefficient (Wildman–Crippen LogP) is 4.72. The minimum atomic E-state index is -0.649. The first-order chi connectivity index (χ1) is 10.2. The minimum absolute atomic E-state index is 0.193. The van der Waals surface area contributed by atoms with E-state index in [0.29, 0.717) is 11.7 Å². The fourth-order valence-electron chi connectivity index (χ4n) is 1.94. The van der Waals surface area contributed by atoms with Gasteiger partial charge in [-0.05, 0) is 37.3 Å². The Morgan fingerprint density at radius 3 is 2.67 bits per heavy atom. The van der Waals surface area contributed by atoms with Gasteiger partial charge in [0.15, 0.2) is 5.13 Å². The Kier molecular flexibility index (Phi) is 3.70. The van der Waals surface area contributed by atoms with E-state index in [-0.39, 0.29) is 5.69 Å². The molecule has 3 nitrogen and oxygen atoms in total. The Hall–Kier alpha value is -2.21. The molecule has 0 spiro atoms. The Morgan fingerprint density at radius 2 is 1.95 bits per heavy atom. The van der Waals surface area contributed by atoms with Gasteiger partial charge in [-0.1, -0.05) is 17.4 Å². The van der Waals surface area contributed by atoms with E-state index in [9.17, 15) is 8.78 Å². The molecular weight excluding hydrogens is 294 g/mol. The normalized spacial score (nSPS) is 10.8. The van der Waals surface area contributed by atoms with Gasteiger partial charge in [0.25, 0.3) is 0 Å². The number of anilines is 2. The van der Waals surface area contributed by atoms with E-state index in [4.69, 9.17) is 4.74 Å². The quantitative estimate of drug-likeness (QED) is 0.757. The summed E-state index contributed by atoms with van der Waals surface area (Å²) in [6.45, 7) is 2.49. The number of thiazole rings is 1. The molecule has 0 saturated carbocycles. The van der Waals surface area contributed by atoms with Crippen LogP contribution in [-0.4, -0.2) is 11.6 Å². The first-order valence-electron chi connectivity index (χ1n) is 6.42. The molecule has 3 aromatic rings. The van der Waals surface area contributed by atoms with Gasteiger partial charge in [0.05, 0.1) is 16.8 Å². The molecule has 0 bridgehead atoms. The second kappa shape index (κ2) is 5.65. The first-order valence-corrected chi connectivity index (χ1v) is 7.23. The second-order valence-electron chi connectivity index (χ2n) is 4.30. The summed E-state index contributed by atoms with van der Waals surface area (Å²) in [5.41, 5.74) is 0.560. The highest BCUT2D eigenvalue weighted by Gasteiger charge is 2.11. The van der Waals surface area contributed by atoms with Crippen LogP contribution < -0.4 is 10.1 Å². The third-order valence-corrected chi connectivity index (χ3v) is 3.80. The van der Waals surface area contributed by atoms with Gasteiger partial charge in [-0.15, -0.1) is 0 Å². The molecule has 0 atom stereocenters. The van der Waals surface area contributed by atoms with E-state index in [0.717, 1.165) is 16.0 Å². The molecule has 0 radical (unpaired) electrons. The SMILES string of the molecule is CCOc1ccc2nc(Nc3c(F)cccc3F)sc2c1. The standard InChI is InChI=1S/C15H12F2N2OS/c1-2-20-9-6-7-12-13(8-9)21-15(18-12)19-14-10(16)4-3-5-11(14)17/h3-8H,2H2,1H3,(H,18,19). The van der Waals surface area contributed by atoms with E-state index < -0.39 is 11.6 Å². The number of rotatable bonds is 4. The number of aromatic nitrogens is 1. The van der Waals surface area contributed by atoms with Gasteiger partial charge in [0.1, 0.15) is 23.1 Å². The van der Waals surface area contributed by atoms with E-state index in [1.807, 2.05) is 25.1 Å². The zero-order valence-electron chi connectivity index (χ0n) is 11.2. The third kappa shape index (κ3) is 2.80. The molecule has 6 heteroatoms. The molecule has 0 aliphatic carbocycles. The largest absolute Gasteiger partial charge is 0.494 e. The number of fused-ring (bicyclic) bond motifs is 1. The molecule has 0 aliphatic heterocycles. The van der Waals surface area contributed by atoms with Crippen LogP contribution in [-0.2, 0) is 0 Å². The van der Waals surface area contributed by atoms with Crippen molar-refractivity contribution >= 4 is 32.4 Å². The van der Waals surface area contributed by atoms with Gasteiger partial charge >= 0.3 is 0 Å². The summed E-state index contributed by atoms with van der Waals surface area (Å²) in [5, 5.41) is 3.13. The predicted molar refractivity (Wildman–Crippen MR) is 80.4 cm³/mol. The molecule has 1 aromatic heterocycles. The lowest BCUT2D eigenvalue weighted by Crippen LogP contribution is -1.96. The maximum Gasteiger partial charge on any atom is 0.188 e. The van der Waals surface area contributed by atoms with Gasteiger partial charge in [0, 0.05) is 0 Å². The number of hydrogen-bond acceptors (Lipinski definition) is 4. The van der Waals surface area contributed by atoms with Crippen molar-refractivity contribution in [2.45, 2.75) is 6.92 Å². The zero-order chi connectivity index (χ0) is 14.8. The summed E-state index contributed by atoms with van der Waals surface area (Å²) in [6.07, 6.45) is 0. The van der Waals surface area contributed by atoms with E-state index in [1.165, 1.54) is 29.5 Å². The van der Waals surface area contributed by atoms with Gasteiger partial charge in [-0.3, -0.25) is 0 Å². The van der Waals surface area contributed by atoms with Crippen LogP contribution in [0.4, 0.5) is 19.6 Å². The molecular formula is C15H12F2N2OS. The fourth-order valence-corrected chi connectivity index (χ4v) is 2.84. The summed E-state index contributed by atoms with van der Waals surface area (Å²) in [5.74, 6) is -0.550. The molecule has 1 N–H and O–H groups in total. The highest BCUT2D eigenvalue weighted by Crippen LogP contribution is 2.32. The van der Waals surface area contributed by atoms with Gasteiger partial charge in [-0.25, -0.2) is 13.8 Å². The Balaban J connectivity index is 1.94.